The smallest absolute Gasteiger partial charge is 0.368 e. The summed E-state index contributed by atoms with van der Waals surface area (Å²) >= 11 is 0. The number of halogens is 4. The first-order valence-electron chi connectivity index (χ1n) is 9.86. The van der Waals surface area contributed by atoms with Crippen molar-refractivity contribution in [2.24, 2.45) is 0 Å². The van der Waals surface area contributed by atoms with Gasteiger partial charge in [-0.3, -0.25) is 14.1 Å². The molecule has 0 spiro atoms. The van der Waals surface area contributed by atoms with Gasteiger partial charge in [-0.1, -0.05) is 13.0 Å². The van der Waals surface area contributed by atoms with Gasteiger partial charge >= 0.3 is 6.18 Å². The van der Waals surface area contributed by atoms with E-state index >= 15 is 0 Å². The van der Waals surface area contributed by atoms with E-state index in [0.717, 1.165) is 12.1 Å². The van der Waals surface area contributed by atoms with Crippen molar-refractivity contribution in [2.45, 2.75) is 38.9 Å². The molecule has 1 aromatic carbocycles. The third-order valence-electron chi connectivity index (χ3n) is 5.02. The van der Waals surface area contributed by atoms with Gasteiger partial charge in [0.25, 0.3) is 5.56 Å². The third-order valence-corrected chi connectivity index (χ3v) is 6.30. The molecule has 178 valence electrons. The second-order valence-electron chi connectivity index (χ2n) is 7.48. The zero-order valence-electron chi connectivity index (χ0n) is 17.6. The second-order valence-corrected chi connectivity index (χ2v) is 9.32. The van der Waals surface area contributed by atoms with E-state index in [-0.39, 0.29) is 23.1 Å². The third kappa shape index (κ3) is 5.59. The summed E-state index contributed by atoms with van der Waals surface area (Å²) in [6, 6.07) is 4.49. The van der Waals surface area contributed by atoms with Crippen molar-refractivity contribution in [2.75, 3.05) is 16.2 Å². The average molecular weight is 487 g/mol. The summed E-state index contributed by atoms with van der Waals surface area (Å²) in [5, 5.41) is 0.483. The summed E-state index contributed by atoms with van der Waals surface area (Å²) in [5.74, 6) is -2.31. The minimum atomic E-state index is -4.67. The summed E-state index contributed by atoms with van der Waals surface area (Å²) in [7, 11) is -4.43. The van der Waals surface area contributed by atoms with E-state index in [1.165, 1.54) is 22.9 Å². The van der Waals surface area contributed by atoms with Gasteiger partial charge in [-0.05, 0) is 37.1 Å². The van der Waals surface area contributed by atoms with Crippen LogP contribution in [0.25, 0.3) is 22.2 Å². The van der Waals surface area contributed by atoms with E-state index in [1.807, 2.05) is 18.6 Å². The maximum absolute atomic E-state index is 14.7. The van der Waals surface area contributed by atoms with Crippen LogP contribution < -0.4 is 16.0 Å². The van der Waals surface area contributed by atoms with E-state index in [0.29, 0.717) is 17.5 Å². The standard InChI is InChI=1S/C20H21F4N5O3S/c1-3-11(2)29-17-13(10-26-19(25)27-17)8-14(18(29)30)12-4-5-16(15(21)9-12)28-33(31,32)7-6-20(22,23)24/h4-5,8-11,28H,3,6-7H2,1-2H3,(H2,25,26,27)/t11-/m1/s1. The van der Waals surface area contributed by atoms with Gasteiger partial charge in [0.15, 0.2) is 0 Å². The number of anilines is 2. The lowest BCUT2D eigenvalue weighted by atomic mass is 10.0. The predicted octanol–water partition coefficient (Wildman–Crippen LogP) is 3.84. The van der Waals surface area contributed by atoms with Crippen molar-refractivity contribution in [3.8, 4) is 11.1 Å². The molecule has 0 aliphatic carbocycles. The highest BCUT2D eigenvalue weighted by atomic mass is 32.2. The van der Waals surface area contributed by atoms with E-state index in [1.54, 1.807) is 0 Å². The molecule has 0 bridgehead atoms. The number of pyridine rings is 1. The molecule has 0 saturated carbocycles. The highest BCUT2D eigenvalue weighted by Crippen LogP contribution is 2.27. The topological polar surface area (TPSA) is 120 Å². The van der Waals surface area contributed by atoms with Crippen molar-refractivity contribution < 1.29 is 26.0 Å². The second kappa shape index (κ2) is 8.96. The number of nitrogen functional groups attached to an aromatic ring is 1. The number of rotatable bonds is 7. The molecule has 8 nitrogen and oxygen atoms in total. The molecule has 13 heteroatoms. The number of nitrogens with two attached hydrogens (primary N) is 1. The molecular formula is C20H21F4N5O3S. The summed E-state index contributed by atoms with van der Waals surface area (Å²) in [4.78, 5) is 21.3. The molecule has 0 saturated heterocycles. The predicted molar refractivity (Wildman–Crippen MR) is 117 cm³/mol. The van der Waals surface area contributed by atoms with Crippen LogP contribution in [0.2, 0.25) is 0 Å². The summed E-state index contributed by atoms with van der Waals surface area (Å²) in [6.07, 6.45) is -4.22. The van der Waals surface area contributed by atoms with Crippen LogP contribution in [-0.4, -0.2) is 34.9 Å². The Morgan fingerprint density at radius 3 is 2.55 bits per heavy atom. The molecule has 2 aromatic heterocycles. The van der Waals surface area contributed by atoms with Crippen LogP contribution in [0.1, 0.15) is 32.7 Å². The fourth-order valence-corrected chi connectivity index (χ4v) is 4.27. The molecule has 0 aliphatic rings. The first-order valence-corrected chi connectivity index (χ1v) is 11.5. The Hall–Kier alpha value is -3.22. The van der Waals surface area contributed by atoms with Crippen molar-refractivity contribution in [3.63, 3.8) is 0 Å². The molecule has 3 aromatic rings. The van der Waals surface area contributed by atoms with Gasteiger partial charge in [-0.2, -0.15) is 18.2 Å². The van der Waals surface area contributed by atoms with Crippen molar-refractivity contribution in [1.82, 2.24) is 14.5 Å². The van der Waals surface area contributed by atoms with Crippen molar-refractivity contribution in [3.05, 3.63) is 46.6 Å². The summed E-state index contributed by atoms with van der Waals surface area (Å²) in [5.41, 5.74) is 5.24. The zero-order chi connectivity index (χ0) is 24.6. The quantitative estimate of drug-likeness (QED) is 0.489. The van der Waals surface area contributed by atoms with Gasteiger partial charge in [0, 0.05) is 23.2 Å². The van der Waals surface area contributed by atoms with Crippen LogP contribution in [0.15, 0.2) is 35.3 Å². The normalized spacial score (nSPS) is 13.3. The van der Waals surface area contributed by atoms with Crippen molar-refractivity contribution in [1.29, 1.82) is 0 Å². The Kier molecular flexibility index (Phi) is 6.63. The number of alkyl halides is 3. The zero-order valence-corrected chi connectivity index (χ0v) is 18.5. The molecule has 0 fully saturated rings. The molecule has 3 N–H and O–H groups in total. The van der Waals surface area contributed by atoms with Crippen LogP contribution in [0.3, 0.4) is 0 Å². The lowest BCUT2D eigenvalue weighted by Gasteiger charge is -2.18. The summed E-state index contributed by atoms with van der Waals surface area (Å²) < 4.78 is 78.6. The summed E-state index contributed by atoms with van der Waals surface area (Å²) in [6.45, 7) is 3.68. The molecular weight excluding hydrogens is 466 g/mol. The molecule has 3 rings (SSSR count). The van der Waals surface area contributed by atoms with Gasteiger partial charge in [0.05, 0.1) is 17.9 Å². The Bertz CT molecular complexity index is 1360. The van der Waals surface area contributed by atoms with Crippen LogP contribution in [0, 0.1) is 5.82 Å². The van der Waals surface area contributed by atoms with Crippen LogP contribution in [-0.2, 0) is 10.0 Å². The molecule has 0 unspecified atom stereocenters. The van der Waals surface area contributed by atoms with Gasteiger partial charge in [0.1, 0.15) is 11.5 Å². The number of benzene rings is 1. The van der Waals surface area contributed by atoms with E-state index < -0.39 is 45.4 Å². The molecule has 0 radical (unpaired) electrons. The SMILES string of the molecule is CC[C@@H](C)n1c(=O)c(-c2ccc(NS(=O)(=O)CCC(F)(F)F)c(F)c2)cc2cnc(N)nc21. The highest BCUT2D eigenvalue weighted by molar-refractivity contribution is 7.92. The van der Waals surface area contributed by atoms with Gasteiger partial charge < -0.3 is 5.73 Å². The molecule has 2 heterocycles. The minimum Gasteiger partial charge on any atom is -0.368 e. The lowest BCUT2D eigenvalue weighted by Crippen LogP contribution is -2.26. The van der Waals surface area contributed by atoms with Gasteiger partial charge in [-0.15, -0.1) is 0 Å². The number of nitrogens with zero attached hydrogens (tertiary/aromatic N) is 3. The number of hydrogen-bond donors (Lipinski definition) is 2. The maximum atomic E-state index is 14.7. The lowest BCUT2D eigenvalue weighted by molar-refractivity contribution is -0.129. The molecule has 1 atom stereocenters. The number of nitrogens with one attached hydrogen (secondary N) is 1. The largest absolute Gasteiger partial charge is 0.390 e. The Morgan fingerprint density at radius 1 is 1.24 bits per heavy atom. The van der Waals surface area contributed by atoms with E-state index in [4.69, 9.17) is 5.73 Å². The number of aromatic nitrogens is 3. The molecule has 33 heavy (non-hydrogen) atoms. The number of sulfonamides is 1. The monoisotopic (exact) mass is 487 g/mol. The molecule has 0 amide bonds. The fourth-order valence-electron chi connectivity index (χ4n) is 3.17. The van der Waals surface area contributed by atoms with Gasteiger partial charge in [0.2, 0.25) is 16.0 Å². The van der Waals surface area contributed by atoms with Crippen LogP contribution >= 0.6 is 0 Å². The number of fused-ring (bicyclic) bond motifs is 1. The van der Waals surface area contributed by atoms with Crippen LogP contribution in [0.5, 0.6) is 0 Å². The highest BCUT2D eigenvalue weighted by Gasteiger charge is 2.30. The number of hydrogen-bond acceptors (Lipinski definition) is 6. The Labute approximate surface area is 186 Å². The van der Waals surface area contributed by atoms with Crippen molar-refractivity contribution >= 4 is 32.7 Å². The maximum Gasteiger partial charge on any atom is 0.390 e. The van der Waals surface area contributed by atoms with E-state index in [9.17, 15) is 30.8 Å². The Morgan fingerprint density at radius 2 is 1.94 bits per heavy atom. The minimum absolute atomic E-state index is 0.0140. The molecule has 0 aliphatic heterocycles. The Balaban J connectivity index is 2.03. The van der Waals surface area contributed by atoms with E-state index in [2.05, 4.69) is 9.97 Å². The average Bonchev–Trinajstić information content (AvgIpc) is 2.72. The van der Waals surface area contributed by atoms with Gasteiger partial charge in [-0.25, -0.2) is 17.8 Å². The first kappa shape index (κ1) is 24.4. The van der Waals surface area contributed by atoms with Crippen LogP contribution in [0.4, 0.5) is 29.2 Å². The first-order chi connectivity index (χ1) is 15.3. The fraction of sp³-hybridized carbons (Fsp3) is 0.350.